The monoisotopic (exact) mass is 348 g/mol. The number of hydrogen-bond donors (Lipinski definition) is 1. The first kappa shape index (κ1) is 17.5. The molecule has 1 N–H and O–H groups in total. The Kier molecular flexibility index (Phi) is 5.08. The molecule has 1 unspecified atom stereocenters. The summed E-state index contributed by atoms with van der Waals surface area (Å²) in [5.74, 6) is -0.0735. The van der Waals surface area contributed by atoms with Crippen LogP contribution in [0.1, 0.15) is 24.0 Å². The number of anilines is 1. The van der Waals surface area contributed by atoms with Gasteiger partial charge in [0.15, 0.2) is 0 Å². The summed E-state index contributed by atoms with van der Waals surface area (Å²) in [6.45, 7) is 1.22. The van der Waals surface area contributed by atoms with Gasteiger partial charge in [0.2, 0.25) is 5.91 Å². The van der Waals surface area contributed by atoms with Crippen molar-refractivity contribution in [2.75, 3.05) is 11.9 Å². The highest BCUT2D eigenvalue weighted by molar-refractivity contribution is 5.94. The lowest BCUT2D eigenvalue weighted by molar-refractivity contribution is -0.137. The number of carbonyl (C=O) groups excluding carboxylic acids is 1. The molecule has 3 nitrogen and oxygen atoms in total. The van der Waals surface area contributed by atoms with Crippen LogP contribution in [0.25, 0.3) is 0 Å². The van der Waals surface area contributed by atoms with Crippen LogP contribution in [0.15, 0.2) is 54.6 Å². The number of carbonyl (C=O) groups is 1. The smallest absolute Gasteiger partial charge is 0.325 e. The van der Waals surface area contributed by atoms with Gasteiger partial charge in [-0.1, -0.05) is 30.3 Å². The average molecular weight is 348 g/mol. The third kappa shape index (κ3) is 4.39. The van der Waals surface area contributed by atoms with Crippen molar-refractivity contribution in [2.24, 2.45) is 0 Å². The molecule has 0 aliphatic carbocycles. The van der Waals surface area contributed by atoms with Gasteiger partial charge in [-0.15, -0.1) is 0 Å². The maximum atomic E-state index is 12.6. The van der Waals surface area contributed by atoms with E-state index >= 15 is 0 Å². The minimum Gasteiger partial charge on any atom is -0.325 e. The van der Waals surface area contributed by atoms with Gasteiger partial charge in [-0.05, 0) is 49.2 Å². The molecule has 6 heteroatoms. The second-order valence-corrected chi connectivity index (χ2v) is 6.18. The number of halogens is 3. The van der Waals surface area contributed by atoms with Gasteiger partial charge in [-0.25, -0.2) is 0 Å². The third-order valence-corrected chi connectivity index (χ3v) is 4.37. The van der Waals surface area contributed by atoms with Crippen molar-refractivity contribution in [3.8, 4) is 0 Å². The Hall–Kier alpha value is -2.34. The molecule has 1 fully saturated rings. The van der Waals surface area contributed by atoms with E-state index in [1.54, 1.807) is 0 Å². The van der Waals surface area contributed by atoms with Gasteiger partial charge in [0.25, 0.3) is 0 Å². The van der Waals surface area contributed by atoms with Gasteiger partial charge in [0, 0.05) is 12.2 Å². The molecular weight excluding hydrogens is 329 g/mol. The summed E-state index contributed by atoms with van der Waals surface area (Å²) in [7, 11) is 0. The molecule has 0 spiro atoms. The highest BCUT2D eigenvalue weighted by atomic mass is 19.4. The Morgan fingerprint density at radius 2 is 1.76 bits per heavy atom. The van der Waals surface area contributed by atoms with Crippen molar-refractivity contribution in [1.82, 2.24) is 4.90 Å². The zero-order valence-corrected chi connectivity index (χ0v) is 13.6. The number of likely N-dealkylation sites (tertiary alicyclic amines) is 1. The van der Waals surface area contributed by atoms with E-state index in [2.05, 4.69) is 5.32 Å². The minimum absolute atomic E-state index is 0.0735. The summed E-state index contributed by atoms with van der Waals surface area (Å²) in [5, 5.41) is 2.90. The van der Waals surface area contributed by atoms with Crippen LogP contribution < -0.4 is 5.32 Å². The summed E-state index contributed by atoms with van der Waals surface area (Å²) in [4.78, 5) is 14.5. The van der Waals surface area contributed by atoms with Crippen molar-refractivity contribution in [3.05, 3.63) is 65.7 Å². The summed E-state index contributed by atoms with van der Waals surface area (Å²) < 4.78 is 37.9. The van der Waals surface area contributed by atoms with E-state index in [9.17, 15) is 18.0 Å². The number of amides is 1. The SMILES string of the molecule is O=C(Nc1ccccc1)C1CCCN1Cc1ccc(C(F)(F)F)cc1. The Labute approximate surface area is 144 Å². The van der Waals surface area contributed by atoms with Crippen LogP contribution in [0.5, 0.6) is 0 Å². The lowest BCUT2D eigenvalue weighted by Crippen LogP contribution is -2.39. The molecule has 1 aliphatic rings. The quantitative estimate of drug-likeness (QED) is 0.893. The van der Waals surface area contributed by atoms with E-state index in [0.717, 1.165) is 42.8 Å². The molecule has 25 heavy (non-hydrogen) atoms. The molecule has 1 saturated heterocycles. The van der Waals surface area contributed by atoms with Gasteiger partial charge in [0.05, 0.1) is 11.6 Å². The Bertz CT molecular complexity index is 714. The van der Waals surface area contributed by atoms with Crippen molar-refractivity contribution < 1.29 is 18.0 Å². The fourth-order valence-electron chi connectivity index (χ4n) is 3.09. The summed E-state index contributed by atoms with van der Waals surface area (Å²) in [5.41, 5.74) is 0.859. The molecule has 0 bridgehead atoms. The van der Waals surface area contributed by atoms with E-state index in [1.807, 2.05) is 35.2 Å². The second kappa shape index (κ2) is 7.27. The highest BCUT2D eigenvalue weighted by Gasteiger charge is 2.32. The number of nitrogens with zero attached hydrogens (tertiary/aromatic N) is 1. The normalized spacial score (nSPS) is 18.3. The van der Waals surface area contributed by atoms with Crippen molar-refractivity contribution in [3.63, 3.8) is 0 Å². The van der Waals surface area contributed by atoms with Gasteiger partial charge < -0.3 is 5.32 Å². The average Bonchev–Trinajstić information content (AvgIpc) is 3.04. The number of nitrogens with one attached hydrogen (secondary N) is 1. The van der Waals surface area contributed by atoms with E-state index < -0.39 is 11.7 Å². The molecule has 2 aromatic carbocycles. The predicted molar refractivity (Wildman–Crippen MR) is 89.9 cm³/mol. The van der Waals surface area contributed by atoms with E-state index in [1.165, 1.54) is 12.1 Å². The van der Waals surface area contributed by atoms with E-state index in [-0.39, 0.29) is 11.9 Å². The lowest BCUT2D eigenvalue weighted by atomic mass is 10.1. The molecular formula is C19H19F3N2O. The molecule has 3 rings (SSSR count). The van der Waals surface area contributed by atoms with Crippen LogP contribution in [-0.4, -0.2) is 23.4 Å². The van der Waals surface area contributed by atoms with Gasteiger partial charge >= 0.3 is 6.18 Å². The molecule has 132 valence electrons. The maximum Gasteiger partial charge on any atom is 0.416 e. The van der Waals surface area contributed by atoms with E-state index in [0.29, 0.717) is 6.54 Å². The molecule has 0 radical (unpaired) electrons. The van der Waals surface area contributed by atoms with Crippen molar-refractivity contribution in [1.29, 1.82) is 0 Å². The first-order chi connectivity index (χ1) is 11.9. The van der Waals surface area contributed by atoms with Gasteiger partial charge in [-0.2, -0.15) is 13.2 Å². The Morgan fingerprint density at radius 3 is 2.40 bits per heavy atom. The molecule has 1 aliphatic heterocycles. The van der Waals surface area contributed by atoms with Crippen LogP contribution in [-0.2, 0) is 17.5 Å². The molecule has 1 atom stereocenters. The Balaban J connectivity index is 1.64. The van der Waals surface area contributed by atoms with Gasteiger partial charge in [0.1, 0.15) is 0 Å². The standard InChI is InChI=1S/C19H19F3N2O/c20-19(21,22)15-10-8-14(9-11-15)13-24-12-4-7-17(24)18(25)23-16-5-2-1-3-6-16/h1-3,5-6,8-11,17H,4,7,12-13H2,(H,23,25). The van der Waals surface area contributed by atoms with Gasteiger partial charge in [-0.3, -0.25) is 9.69 Å². The zero-order valence-electron chi connectivity index (χ0n) is 13.6. The Morgan fingerprint density at radius 1 is 1.08 bits per heavy atom. The van der Waals surface area contributed by atoms with Crippen molar-refractivity contribution in [2.45, 2.75) is 31.6 Å². The van der Waals surface area contributed by atoms with E-state index in [4.69, 9.17) is 0 Å². The fraction of sp³-hybridized carbons (Fsp3) is 0.316. The predicted octanol–water partition coefficient (Wildman–Crippen LogP) is 4.31. The maximum absolute atomic E-state index is 12.6. The van der Waals surface area contributed by atoms with Crippen LogP contribution in [0.2, 0.25) is 0 Å². The fourth-order valence-corrected chi connectivity index (χ4v) is 3.09. The first-order valence-corrected chi connectivity index (χ1v) is 8.19. The zero-order chi connectivity index (χ0) is 17.9. The molecule has 2 aromatic rings. The van der Waals surface area contributed by atoms with Crippen LogP contribution in [0, 0.1) is 0 Å². The summed E-state index contributed by atoms with van der Waals surface area (Å²) >= 11 is 0. The summed E-state index contributed by atoms with van der Waals surface area (Å²) in [6, 6.07) is 14.1. The van der Waals surface area contributed by atoms with Crippen molar-refractivity contribution >= 4 is 11.6 Å². The van der Waals surface area contributed by atoms with Crippen LogP contribution >= 0.6 is 0 Å². The number of rotatable bonds is 4. The minimum atomic E-state index is -4.33. The molecule has 0 saturated carbocycles. The number of hydrogen-bond acceptors (Lipinski definition) is 2. The molecule has 1 heterocycles. The molecule has 0 aromatic heterocycles. The topological polar surface area (TPSA) is 32.3 Å². The first-order valence-electron chi connectivity index (χ1n) is 8.19. The second-order valence-electron chi connectivity index (χ2n) is 6.18. The number of alkyl halides is 3. The summed E-state index contributed by atoms with van der Waals surface area (Å²) in [6.07, 6.45) is -2.68. The third-order valence-electron chi connectivity index (χ3n) is 4.37. The lowest BCUT2D eigenvalue weighted by Gasteiger charge is -2.24. The number of benzene rings is 2. The van der Waals surface area contributed by atoms with Crippen LogP contribution in [0.3, 0.4) is 0 Å². The van der Waals surface area contributed by atoms with Crippen LogP contribution in [0.4, 0.5) is 18.9 Å². The highest BCUT2D eigenvalue weighted by Crippen LogP contribution is 2.29. The number of para-hydroxylation sites is 1. The molecule has 1 amide bonds. The largest absolute Gasteiger partial charge is 0.416 e.